The molecule has 0 aliphatic heterocycles. The average molecular weight is 1370 g/mol. The summed E-state index contributed by atoms with van der Waals surface area (Å²) >= 11 is 0. The topological polar surface area (TPSA) is 482 Å². The minimum atomic E-state index is -0.872. The Balaban J connectivity index is 1.22. The molecule has 100 heavy (non-hydrogen) atoms. The molecule has 1 aliphatic carbocycles. The molecule has 1 aliphatic rings. The first kappa shape index (κ1) is 71.5. The van der Waals surface area contributed by atoms with Crippen molar-refractivity contribution in [1.29, 1.82) is 0 Å². The number of fused-ring (bicyclic) bond motifs is 8. The second-order valence-electron chi connectivity index (χ2n) is 23.7. The standard InChI is InChI=1S/C67H63N15O18/c83-64-41-16-13-11-9-7-5-3-1-2-4-6-8-10-12-14-17-42-24-51(70-73-54-32-58(77(89)90)38-59(33-54)78(91)92)26-44(65(42)84)21-46-28-53(72-75-56-36-62(81(97)98)40-63(37-56)82(99)100)30-48(67(46)86)22-47-29-52(71-74-55-34-60(79(93)94)39-61(35-55)80(95)96)27-45(66(47)85)20-43(64)25-50(23-41)69-68-49-18-15-19-57(31-49)76(87)88/h15,18-19,23-40,83-86H,1-14,16-17,20-22H2. The third-order valence-corrected chi connectivity index (χ3v) is 16.4. The fourth-order valence-corrected chi connectivity index (χ4v) is 11.4. The smallest absolute Gasteiger partial charge is 0.278 e. The number of azo groups is 4. The summed E-state index contributed by atoms with van der Waals surface area (Å²) in [5.41, 5.74) is -3.93. The van der Waals surface area contributed by atoms with Crippen LogP contribution in [0.2, 0.25) is 0 Å². The van der Waals surface area contributed by atoms with Gasteiger partial charge >= 0.3 is 0 Å². The van der Waals surface area contributed by atoms with Gasteiger partial charge in [0.05, 0.1) is 98.2 Å². The van der Waals surface area contributed by atoms with Crippen LogP contribution >= 0.6 is 0 Å². The van der Waals surface area contributed by atoms with Crippen LogP contribution in [0.25, 0.3) is 0 Å². The van der Waals surface area contributed by atoms with Crippen molar-refractivity contribution >= 4 is 85.3 Å². The van der Waals surface area contributed by atoms with Gasteiger partial charge in [0, 0.05) is 101 Å². The minimum absolute atomic E-state index is 0.00662. The zero-order chi connectivity index (χ0) is 71.6. The van der Waals surface area contributed by atoms with Crippen molar-refractivity contribution in [2.24, 2.45) is 40.9 Å². The SMILES string of the molecule is O=[N+]([O-])c1cccc(N=Nc2cc3c(O)c(c2)Cc2cc(N=Nc4cc([N+](=O)[O-])cc([N+](=O)[O-])c4)cc(c2O)Cc2cc(N=Nc4cc([N+](=O)[O-])cc([N+](=O)[O-])c4)cc(c2O)Cc2cc(N=Nc4cc([N+](=O)[O-])cc([N+](=O)[O-])c4)cc(c2O)CCCCCCCCCCCCCCCC3)c1. The number of aryl methyl sites for hydroxylation is 2. The van der Waals surface area contributed by atoms with Gasteiger partial charge in [0.1, 0.15) is 23.0 Å². The van der Waals surface area contributed by atoms with E-state index in [1.54, 1.807) is 6.07 Å². The highest BCUT2D eigenvalue weighted by molar-refractivity contribution is 5.64. The number of benzene rings is 8. The largest absolute Gasteiger partial charge is 0.507 e. The number of aromatic hydroxyl groups is 4. The van der Waals surface area contributed by atoms with Crippen molar-refractivity contribution in [3.8, 4) is 23.0 Å². The second kappa shape index (κ2) is 33.2. The Bertz CT molecular complexity index is 4540. The van der Waals surface area contributed by atoms with Crippen LogP contribution in [-0.2, 0) is 32.1 Å². The van der Waals surface area contributed by atoms with Gasteiger partial charge in [0.25, 0.3) is 39.8 Å². The molecule has 0 fully saturated rings. The van der Waals surface area contributed by atoms with Crippen molar-refractivity contribution in [2.75, 3.05) is 0 Å². The molecule has 514 valence electrons. The van der Waals surface area contributed by atoms with Crippen molar-refractivity contribution in [3.63, 3.8) is 0 Å². The lowest BCUT2D eigenvalue weighted by Crippen LogP contribution is -1.99. The molecule has 4 N–H and O–H groups in total. The quantitative estimate of drug-likeness (QED) is 0.0421. The number of nitro benzene ring substituents is 7. The van der Waals surface area contributed by atoms with E-state index in [9.17, 15) is 91.2 Å². The first-order chi connectivity index (χ1) is 47.9. The van der Waals surface area contributed by atoms with E-state index in [4.69, 9.17) is 0 Å². The number of rotatable bonds is 15. The van der Waals surface area contributed by atoms with Crippen LogP contribution in [0, 0.1) is 70.8 Å². The number of phenolic OH excluding ortho intramolecular Hbond substituents is 4. The maximum absolute atomic E-state index is 12.6. The van der Waals surface area contributed by atoms with Gasteiger partial charge in [0.2, 0.25) is 0 Å². The third kappa shape index (κ3) is 19.4. The number of phenols is 4. The lowest BCUT2D eigenvalue weighted by molar-refractivity contribution is -0.394. The molecule has 0 radical (unpaired) electrons. The number of hydrogen-bond donors (Lipinski definition) is 4. The summed E-state index contributed by atoms with van der Waals surface area (Å²) in [6, 6.07) is 24.7. The van der Waals surface area contributed by atoms with Gasteiger partial charge < -0.3 is 20.4 Å². The van der Waals surface area contributed by atoms with Gasteiger partial charge in [-0.2, -0.15) is 40.9 Å². The minimum Gasteiger partial charge on any atom is -0.507 e. The van der Waals surface area contributed by atoms with Crippen LogP contribution in [0.5, 0.6) is 23.0 Å². The average Bonchev–Trinajstić information content (AvgIpc) is 0.798. The molecular weight excluding hydrogens is 1300 g/mol. The molecule has 0 saturated carbocycles. The lowest BCUT2D eigenvalue weighted by atomic mass is 9.92. The Morgan fingerprint density at radius 3 is 0.660 bits per heavy atom. The molecule has 0 aromatic heterocycles. The normalized spacial score (nSPS) is 14.0. The van der Waals surface area contributed by atoms with Gasteiger partial charge in [0.15, 0.2) is 0 Å². The summed E-state index contributed by atoms with van der Waals surface area (Å²) in [5.74, 6) is -1.37. The monoisotopic (exact) mass is 1370 g/mol. The van der Waals surface area contributed by atoms with Gasteiger partial charge in [-0.3, -0.25) is 70.8 Å². The first-order valence-corrected chi connectivity index (χ1v) is 31.6. The van der Waals surface area contributed by atoms with Gasteiger partial charge in [-0.1, -0.05) is 83.1 Å². The second-order valence-corrected chi connectivity index (χ2v) is 23.7. The molecular formula is C67H63N15O18. The van der Waals surface area contributed by atoms with E-state index >= 15 is 0 Å². The van der Waals surface area contributed by atoms with E-state index in [0.29, 0.717) is 36.8 Å². The summed E-state index contributed by atoms with van der Waals surface area (Å²) in [5, 5.41) is 166. The van der Waals surface area contributed by atoms with E-state index in [0.717, 1.165) is 132 Å². The van der Waals surface area contributed by atoms with Crippen LogP contribution in [0.3, 0.4) is 0 Å². The third-order valence-electron chi connectivity index (χ3n) is 16.4. The number of hydrogen-bond acceptors (Lipinski definition) is 26. The highest BCUT2D eigenvalue weighted by Gasteiger charge is 2.24. The van der Waals surface area contributed by atoms with Crippen LogP contribution < -0.4 is 0 Å². The lowest BCUT2D eigenvalue weighted by Gasteiger charge is -2.17. The highest BCUT2D eigenvalue weighted by atomic mass is 16.7. The molecule has 8 aromatic carbocycles. The molecule has 0 atom stereocenters. The molecule has 0 spiro atoms. The van der Waals surface area contributed by atoms with E-state index in [-0.39, 0.29) is 109 Å². The fourth-order valence-electron chi connectivity index (χ4n) is 11.4. The molecule has 8 bridgehead atoms. The van der Waals surface area contributed by atoms with Crippen LogP contribution in [0.1, 0.15) is 134 Å². The Hall–Kier alpha value is -12.8. The van der Waals surface area contributed by atoms with Crippen LogP contribution in [0.15, 0.2) is 168 Å². The van der Waals surface area contributed by atoms with Crippen molar-refractivity contribution < 1.29 is 54.9 Å². The molecule has 0 heterocycles. The summed E-state index contributed by atoms with van der Waals surface area (Å²) < 4.78 is 0. The molecule has 0 amide bonds. The van der Waals surface area contributed by atoms with Gasteiger partial charge in [-0.15, -0.1) is 0 Å². The van der Waals surface area contributed by atoms with E-state index in [2.05, 4.69) is 40.9 Å². The van der Waals surface area contributed by atoms with E-state index < -0.39 is 86.5 Å². The predicted octanol–water partition coefficient (Wildman–Crippen LogP) is 19.9. The molecule has 8 aromatic rings. The van der Waals surface area contributed by atoms with Crippen LogP contribution in [0.4, 0.5) is 85.3 Å². The van der Waals surface area contributed by atoms with E-state index in [1.807, 2.05) is 0 Å². The fraction of sp³-hybridized carbons (Fsp3) is 0.284. The molecule has 9 rings (SSSR count). The zero-order valence-corrected chi connectivity index (χ0v) is 53.3. The number of nitrogens with zero attached hydrogens (tertiary/aromatic N) is 15. The Morgan fingerprint density at radius 2 is 0.420 bits per heavy atom. The summed E-state index contributed by atoms with van der Waals surface area (Å²) in [7, 11) is 0. The van der Waals surface area contributed by atoms with Crippen molar-refractivity contribution in [3.05, 3.63) is 243 Å². The summed E-state index contributed by atoms with van der Waals surface area (Å²) in [4.78, 5) is 77.3. The Morgan fingerprint density at radius 1 is 0.230 bits per heavy atom. The Labute approximate surface area is 566 Å². The summed E-state index contributed by atoms with van der Waals surface area (Å²) in [6.45, 7) is 0. The maximum Gasteiger partial charge on any atom is 0.278 e. The van der Waals surface area contributed by atoms with Crippen molar-refractivity contribution in [2.45, 2.75) is 122 Å². The van der Waals surface area contributed by atoms with Crippen LogP contribution in [-0.4, -0.2) is 54.9 Å². The predicted molar refractivity (Wildman–Crippen MR) is 362 cm³/mol. The Kier molecular flexibility index (Phi) is 23.7. The number of non-ortho nitro benzene ring substituents is 7. The molecule has 33 nitrogen and oxygen atoms in total. The number of nitro groups is 7. The maximum atomic E-state index is 12.6. The summed E-state index contributed by atoms with van der Waals surface area (Å²) in [6.07, 6.45) is 12.5. The van der Waals surface area contributed by atoms with E-state index in [1.165, 1.54) is 66.7 Å². The van der Waals surface area contributed by atoms with Crippen molar-refractivity contribution in [1.82, 2.24) is 0 Å². The molecule has 0 unspecified atom stereocenters. The van der Waals surface area contributed by atoms with Gasteiger partial charge in [-0.25, -0.2) is 0 Å². The highest BCUT2D eigenvalue weighted by Crippen LogP contribution is 2.43. The first-order valence-electron chi connectivity index (χ1n) is 31.6. The molecule has 33 heteroatoms. The van der Waals surface area contributed by atoms with Gasteiger partial charge in [-0.05, 0) is 91.4 Å². The molecule has 0 saturated heterocycles. The zero-order valence-electron chi connectivity index (χ0n) is 53.3.